The highest BCUT2D eigenvalue weighted by Crippen LogP contribution is 2.35. The fourth-order valence-electron chi connectivity index (χ4n) is 2.85. The number of aromatic nitrogens is 5. The van der Waals surface area contributed by atoms with Crippen LogP contribution >= 0.6 is 0 Å². The monoisotopic (exact) mass is 319 g/mol. The summed E-state index contributed by atoms with van der Waals surface area (Å²) < 4.78 is 9.40. The predicted molar refractivity (Wildman–Crippen MR) is 91.7 cm³/mol. The van der Waals surface area contributed by atoms with Gasteiger partial charge in [0.15, 0.2) is 0 Å². The van der Waals surface area contributed by atoms with Gasteiger partial charge in [-0.15, -0.1) is 5.10 Å². The van der Waals surface area contributed by atoms with Gasteiger partial charge in [-0.1, -0.05) is 35.5 Å². The summed E-state index contributed by atoms with van der Waals surface area (Å²) in [5, 5.41) is 10.9. The van der Waals surface area contributed by atoms with Crippen molar-refractivity contribution in [1.82, 2.24) is 24.5 Å². The van der Waals surface area contributed by atoms with Crippen LogP contribution in [0.3, 0.4) is 0 Å². The molecule has 0 aliphatic heterocycles. The Hall–Kier alpha value is -3.15. The molecule has 0 amide bonds. The second-order valence-corrected chi connectivity index (χ2v) is 5.53. The number of nitrogens with zero attached hydrogens (tertiary/aromatic N) is 5. The standard InChI is InChI=1S/C18H17N5O/c1-24-17-7-6-14-4-2-3-5-15(14)18(17)16-12-23(21-20-16)11-10-22-9-8-19-13-22/h2-9,12-13H,10-11H2,1H3. The van der Waals surface area contributed by atoms with Crippen molar-refractivity contribution < 1.29 is 4.74 Å². The molecule has 0 fully saturated rings. The fraction of sp³-hybridized carbons (Fsp3) is 0.167. The topological polar surface area (TPSA) is 57.8 Å². The molecule has 120 valence electrons. The third kappa shape index (κ3) is 2.62. The summed E-state index contributed by atoms with van der Waals surface area (Å²) in [7, 11) is 1.68. The number of methoxy groups -OCH3 is 1. The van der Waals surface area contributed by atoms with Gasteiger partial charge >= 0.3 is 0 Å². The van der Waals surface area contributed by atoms with Gasteiger partial charge < -0.3 is 9.30 Å². The Morgan fingerprint density at radius 2 is 2.00 bits per heavy atom. The van der Waals surface area contributed by atoms with E-state index in [-0.39, 0.29) is 0 Å². The molecule has 0 bridgehead atoms. The molecule has 24 heavy (non-hydrogen) atoms. The van der Waals surface area contributed by atoms with Crippen molar-refractivity contribution in [2.75, 3.05) is 7.11 Å². The van der Waals surface area contributed by atoms with E-state index in [1.165, 1.54) is 0 Å². The van der Waals surface area contributed by atoms with Crippen molar-refractivity contribution in [3.8, 4) is 17.0 Å². The van der Waals surface area contributed by atoms with Gasteiger partial charge in [-0.25, -0.2) is 4.98 Å². The lowest BCUT2D eigenvalue weighted by atomic mass is 10.0. The molecule has 4 aromatic rings. The van der Waals surface area contributed by atoms with Gasteiger partial charge in [0.25, 0.3) is 0 Å². The minimum absolute atomic E-state index is 0.733. The molecule has 2 aromatic carbocycles. The van der Waals surface area contributed by atoms with Crippen LogP contribution in [0.5, 0.6) is 5.75 Å². The summed E-state index contributed by atoms with van der Waals surface area (Å²) >= 11 is 0. The molecule has 0 atom stereocenters. The van der Waals surface area contributed by atoms with E-state index in [0.717, 1.165) is 40.9 Å². The van der Waals surface area contributed by atoms with Crippen molar-refractivity contribution >= 4 is 10.8 Å². The Balaban J connectivity index is 1.70. The molecule has 0 radical (unpaired) electrons. The smallest absolute Gasteiger partial charge is 0.129 e. The van der Waals surface area contributed by atoms with Crippen LogP contribution < -0.4 is 4.74 Å². The molecule has 0 saturated carbocycles. The van der Waals surface area contributed by atoms with E-state index in [2.05, 4.69) is 33.5 Å². The molecule has 0 N–H and O–H groups in total. The first kappa shape index (κ1) is 14.4. The quantitative estimate of drug-likeness (QED) is 0.567. The minimum atomic E-state index is 0.733. The predicted octanol–water partition coefficient (Wildman–Crippen LogP) is 3.00. The largest absolute Gasteiger partial charge is 0.496 e. The number of ether oxygens (including phenoxy) is 1. The molecule has 6 heteroatoms. The van der Waals surface area contributed by atoms with Crippen molar-refractivity contribution in [2.45, 2.75) is 13.1 Å². The highest BCUT2D eigenvalue weighted by atomic mass is 16.5. The van der Waals surface area contributed by atoms with Crippen LogP contribution in [0.4, 0.5) is 0 Å². The Morgan fingerprint density at radius 1 is 1.08 bits per heavy atom. The SMILES string of the molecule is COc1ccc2ccccc2c1-c1cn(CCn2ccnc2)nn1. The summed E-state index contributed by atoms with van der Waals surface area (Å²) in [6.07, 6.45) is 7.46. The molecule has 0 aliphatic rings. The fourth-order valence-corrected chi connectivity index (χ4v) is 2.85. The van der Waals surface area contributed by atoms with Gasteiger partial charge in [0.1, 0.15) is 11.4 Å². The number of imidazole rings is 1. The summed E-state index contributed by atoms with van der Waals surface area (Å²) in [4.78, 5) is 4.05. The maximum Gasteiger partial charge on any atom is 0.129 e. The van der Waals surface area contributed by atoms with Crippen molar-refractivity contribution in [3.05, 3.63) is 61.3 Å². The third-order valence-electron chi connectivity index (χ3n) is 4.05. The van der Waals surface area contributed by atoms with Crippen molar-refractivity contribution in [3.63, 3.8) is 0 Å². The van der Waals surface area contributed by atoms with E-state index in [0.29, 0.717) is 0 Å². The van der Waals surface area contributed by atoms with Crippen LogP contribution in [0.2, 0.25) is 0 Å². The number of benzene rings is 2. The van der Waals surface area contributed by atoms with E-state index in [1.54, 1.807) is 19.6 Å². The van der Waals surface area contributed by atoms with Crippen molar-refractivity contribution in [2.24, 2.45) is 0 Å². The summed E-state index contributed by atoms with van der Waals surface area (Å²) in [5.41, 5.74) is 1.79. The van der Waals surface area contributed by atoms with Crippen LogP contribution in [0.25, 0.3) is 22.0 Å². The van der Waals surface area contributed by atoms with Gasteiger partial charge in [-0.05, 0) is 16.8 Å². The van der Waals surface area contributed by atoms with Crippen molar-refractivity contribution in [1.29, 1.82) is 0 Å². The highest BCUT2D eigenvalue weighted by molar-refractivity contribution is 5.98. The summed E-state index contributed by atoms with van der Waals surface area (Å²) in [5.74, 6) is 0.801. The van der Waals surface area contributed by atoms with E-state index >= 15 is 0 Å². The molecule has 0 unspecified atom stereocenters. The molecule has 6 nitrogen and oxygen atoms in total. The zero-order chi connectivity index (χ0) is 16.4. The molecule has 2 heterocycles. The number of rotatable bonds is 5. The second-order valence-electron chi connectivity index (χ2n) is 5.53. The molecule has 0 saturated heterocycles. The van der Waals surface area contributed by atoms with E-state index < -0.39 is 0 Å². The molecular formula is C18H17N5O. The van der Waals surface area contributed by atoms with Gasteiger partial charge in [0.05, 0.1) is 31.7 Å². The molecule has 0 spiro atoms. The number of aryl methyl sites for hydroxylation is 2. The Kier molecular flexibility index (Phi) is 3.70. The molecule has 4 rings (SSSR count). The molecule has 0 aliphatic carbocycles. The zero-order valence-electron chi connectivity index (χ0n) is 13.3. The first-order valence-corrected chi connectivity index (χ1v) is 7.77. The Morgan fingerprint density at radius 3 is 2.83 bits per heavy atom. The van der Waals surface area contributed by atoms with E-state index in [9.17, 15) is 0 Å². The van der Waals surface area contributed by atoms with Gasteiger partial charge in [0, 0.05) is 18.9 Å². The van der Waals surface area contributed by atoms with Crippen LogP contribution in [0.1, 0.15) is 0 Å². The van der Waals surface area contributed by atoms with Gasteiger partial charge in [-0.2, -0.15) is 0 Å². The lowest BCUT2D eigenvalue weighted by molar-refractivity contribution is 0.417. The van der Waals surface area contributed by atoms with Crippen LogP contribution in [0.15, 0.2) is 61.3 Å². The first-order chi connectivity index (χ1) is 11.8. The van der Waals surface area contributed by atoms with Crippen LogP contribution in [0, 0.1) is 0 Å². The highest BCUT2D eigenvalue weighted by Gasteiger charge is 2.14. The second kappa shape index (κ2) is 6.16. The first-order valence-electron chi connectivity index (χ1n) is 7.77. The normalized spacial score (nSPS) is 11.0. The lowest BCUT2D eigenvalue weighted by Gasteiger charge is -2.09. The number of hydrogen-bond donors (Lipinski definition) is 0. The maximum absolute atomic E-state index is 5.55. The summed E-state index contributed by atoms with van der Waals surface area (Å²) in [6, 6.07) is 12.2. The van der Waals surface area contributed by atoms with E-state index in [1.807, 2.05) is 39.8 Å². The van der Waals surface area contributed by atoms with Crippen LogP contribution in [-0.2, 0) is 13.1 Å². The number of hydrogen-bond acceptors (Lipinski definition) is 4. The third-order valence-corrected chi connectivity index (χ3v) is 4.05. The Bertz CT molecular complexity index is 959. The molecular weight excluding hydrogens is 302 g/mol. The summed E-state index contributed by atoms with van der Waals surface area (Å²) in [6.45, 7) is 1.53. The maximum atomic E-state index is 5.55. The van der Waals surface area contributed by atoms with Crippen LogP contribution in [-0.4, -0.2) is 31.7 Å². The average molecular weight is 319 g/mol. The van der Waals surface area contributed by atoms with Gasteiger partial charge in [-0.3, -0.25) is 4.68 Å². The van der Waals surface area contributed by atoms with E-state index in [4.69, 9.17) is 4.74 Å². The average Bonchev–Trinajstić information content (AvgIpc) is 3.30. The zero-order valence-corrected chi connectivity index (χ0v) is 13.3. The van der Waals surface area contributed by atoms with Gasteiger partial charge in [0.2, 0.25) is 0 Å². The molecule has 2 aromatic heterocycles. The number of fused-ring (bicyclic) bond motifs is 1. The Labute approximate surface area is 139 Å². The minimum Gasteiger partial charge on any atom is -0.496 e. The lowest BCUT2D eigenvalue weighted by Crippen LogP contribution is -2.06.